The Labute approximate surface area is 268 Å². The van der Waals surface area contributed by atoms with E-state index in [-0.39, 0.29) is 0 Å². The number of nitrogens with one attached hydrogen (secondary N) is 2. The Balaban J connectivity index is 0.976. The summed E-state index contributed by atoms with van der Waals surface area (Å²) in [6, 6.07) is 23.7. The van der Waals surface area contributed by atoms with Crippen LogP contribution in [0.4, 0.5) is 0 Å². The highest BCUT2D eigenvalue weighted by Gasteiger charge is 2.52. The molecule has 2 aliphatic heterocycles. The molecular formula is C40H49N5. The lowest BCUT2D eigenvalue weighted by Gasteiger charge is -2.34. The largest absolute Gasteiger partial charge is 0.380 e. The third-order valence-electron chi connectivity index (χ3n) is 11.9. The molecule has 45 heavy (non-hydrogen) atoms. The van der Waals surface area contributed by atoms with Crippen LogP contribution in [0, 0.1) is 23.2 Å². The molecule has 4 N–H and O–H groups in total. The van der Waals surface area contributed by atoms with Crippen LogP contribution in [0.1, 0.15) is 83.1 Å². The van der Waals surface area contributed by atoms with Crippen molar-refractivity contribution in [3.05, 3.63) is 90.0 Å². The van der Waals surface area contributed by atoms with Crippen LogP contribution in [0.3, 0.4) is 0 Å². The average molecular weight is 600 g/mol. The second-order valence-electron chi connectivity index (χ2n) is 15.6. The molecule has 2 saturated carbocycles. The van der Waals surface area contributed by atoms with Crippen LogP contribution in [0.5, 0.6) is 0 Å². The first-order valence-corrected chi connectivity index (χ1v) is 17.3. The molecule has 1 saturated heterocycles. The van der Waals surface area contributed by atoms with Crippen molar-refractivity contribution in [2.45, 2.75) is 83.3 Å². The molecule has 4 aromatic rings. The van der Waals surface area contributed by atoms with Gasteiger partial charge in [0.05, 0.1) is 23.5 Å². The van der Waals surface area contributed by atoms with Crippen molar-refractivity contribution in [1.29, 1.82) is 0 Å². The van der Waals surface area contributed by atoms with E-state index in [0.717, 1.165) is 29.4 Å². The van der Waals surface area contributed by atoms with Gasteiger partial charge in [-0.2, -0.15) is 0 Å². The topological polar surface area (TPSA) is 70.0 Å². The molecule has 3 fully saturated rings. The summed E-state index contributed by atoms with van der Waals surface area (Å²) in [6.07, 6.45) is 13.4. The molecule has 0 amide bonds. The average Bonchev–Trinajstić information content (AvgIpc) is 3.36. The first kappa shape index (κ1) is 29.0. The van der Waals surface area contributed by atoms with Crippen LogP contribution in [-0.4, -0.2) is 34.5 Å². The third kappa shape index (κ3) is 5.42. The van der Waals surface area contributed by atoms with Crippen LogP contribution in [0.2, 0.25) is 0 Å². The van der Waals surface area contributed by atoms with Crippen molar-refractivity contribution in [3.63, 3.8) is 0 Å². The number of nitrogens with two attached hydrogens (primary N) is 1. The van der Waals surface area contributed by atoms with Gasteiger partial charge in [-0.05, 0) is 121 Å². The number of likely N-dealkylation sites (N-methyl/N-ethyl adjacent to an activating group) is 1. The van der Waals surface area contributed by atoms with Gasteiger partial charge in [-0.3, -0.25) is 4.90 Å². The molecule has 5 nitrogen and oxygen atoms in total. The van der Waals surface area contributed by atoms with E-state index in [1.165, 1.54) is 78.2 Å². The number of imidazole rings is 1. The number of hydrogen-bond donors (Lipinski definition) is 3. The Morgan fingerprint density at radius 3 is 2.38 bits per heavy atom. The Morgan fingerprint density at radius 2 is 1.64 bits per heavy atom. The fraction of sp³-hybridized carbons (Fsp3) is 0.475. The summed E-state index contributed by atoms with van der Waals surface area (Å²) < 4.78 is 0. The molecule has 1 aromatic heterocycles. The lowest BCUT2D eigenvalue weighted by molar-refractivity contribution is 0.286. The maximum Gasteiger partial charge on any atom is 0.126 e. The Hall–Kier alpha value is -3.41. The lowest BCUT2D eigenvalue weighted by atomic mass is 9.84. The number of H-pyrrole nitrogens is 1. The predicted molar refractivity (Wildman–Crippen MR) is 185 cm³/mol. The highest BCUT2D eigenvalue weighted by molar-refractivity contribution is 5.88. The summed E-state index contributed by atoms with van der Waals surface area (Å²) >= 11 is 0. The second kappa shape index (κ2) is 10.8. The molecule has 0 bridgehead atoms. The number of rotatable bonds is 6. The fourth-order valence-corrected chi connectivity index (χ4v) is 8.83. The summed E-state index contributed by atoms with van der Waals surface area (Å²) in [4.78, 5) is 10.9. The van der Waals surface area contributed by atoms with Gasteiger partial charge in [-0.15, -0.1) is 0 Å². The zero-order valence-electron chi connectivity index (χ0n) is 27.4. The standard InChI is InChI=1S/C40H49N5/c1-25-5-14-33(17-25)39(3,41)38-42-23-36(44-38)28-8-6-27(7-9-28)29-10-11-31-21-32(13-12-30(31)20-29)34-18-26(2)19-35(43-34)37-22-40(15-16-40)24-45(37)4/h6-13,19-21,23,25-26,33-34,37,43H,5,14-18,22,24,41H2,1-4H3,(H,42,44). The number of hydrogen-bond acceptors (Lipinski definition) is 4. The molecule has 1 spiro atoms. The smallest absolute Gasteiger partial charge is 0.126 e. The third-order valence-corrected chi connectivity index (χ3v) is 11.9. The highest BCUT2D eigenvalue weighted by atomic mass is 15.2. The van der Waals surface area contributed by atoms with Crippen LogP contribution in [-0.2, 0) is 5.54 Å². The Kier molecular flexibility index (Phi) is 6.99. The number of likely N-dealkylation sites (tertiary alicyclic amines) is 1. The maximum atomic E-state index is 6.85. The molecule has 6 unspecified atom stereocenters. The molecule has 0 radical (unpaired) electrons. The normalized spacial score (nSPS) is 29.1. The summed E-state index contributed by atoms with van der Waals surface area (Å²) in [6.45, 7) is 8.11. The van der Waals surface area contributed by atoms with Crippen LogP contribution in [0.25, 0.3) is 33.2 Å². The number of aromatic amines is 1. The fourth-order valence-electron chi connectivity index (χ4n) is 8.83. The first-order valence-electron chi connectivity index (χ1n) is 17.3. The van der Waals surface area contributed by atoms with Gasteiger partial charge < -0.3 is 16.0 Å². The van der Waals surface area contributed by atoms with Crippen molar-refractivity contribution in [2.24, 2.45) is 28.9 Å². The summed E-state index contributed by atoms with van der Waals surface area (Å²) in [7, 11) is 2.32. The van der Waals surface area contributed by atoms with Gasteiger partial charge in [-0.1, -0.05) is 74.9 Å². The minimum atomic E-state index is -0.426. The van der Waals surface area contributed by atoms with Gasteiger partial charge in [0, 0.05) is 18.3 Å². The molecule has 6 atom stereocenters. The lowest BCUT2D eigenvalue weighted by Crippen LogP contribution is -2.41. The number of benzene rings is 3. The second-order valence-corrected chi connectivity index (χ2v) is 15.6. The van der Waals surface area contributed by atoms with Crippen molar-refractivity contribution in [1.82, 2.24) is 20.2 Å². The molecule has 8 rings (SSSR count). The zero-order valence-corrected chi connectivity index (χ0v) is 27.4. The molecular weight excluding hydrogens is 550 g/mol. The molecule has 234 valence electrons. The summed E-state index contributed by atoms with van der Waals surface area (Å²) in [5, 5.41) is 6.58. The molecule has 3 aromatic carbocycles. The predicted octanol–water partition coefficient (Wildman–Crippen LogP) is 8.55. The molecule has 4 aliphatic rings. The number of nitrogens with zero attached hydrogens (tertiary/aromatic N) is 2. The number of aromatic nitrogens is 2. The highest BCUT2D eigenvalue weighted by Crippen LogP contribution is 2.55. The van der Waals surface area contributed by atoms with E-state index in [1.54, 1.807) is 0 Å². The van der Waals surface area contributed by atoms with E-state index in [4.69, 9.17) is 10.7 Å². The van der Waals surface area contributed by atoms with Crippen molar-refractivity contribution in [2.75, 3.05) is 13.6 Å². The van der Waals surface area contributed by atoms with Gasteiger partial charge in [0.15, 0.2) is 0 Å². The first-order chi connectivity index (χ1) is 21.7. The van der Waals surface area contributed by atoms with Crippen LogP contribution >= 0.6 is 0 Å². The monoisotopic (exact) mass is 599 g/mol. The van der Waals surface area contributed by atoms with Crippen LogP contribution in [0.15, 0.2) is 78.6 Å². The van der Waals surface area contributed by atoms with E-state index in [9.17, 15) is 0 Å². The zero-order chi connectivity index (χ0) is 30.9. The van der Waals surface area contributed by atoms with Gasteiger partial charge in [0.1, 0.15) is 5.82 Å². The van der Waals surface area contributed by atoms with Crippen molar-refractivity contribution >= 4 is 10.8 Å². The van der Waals surface area contributed by atoms with E-state index >= 15 is 0 Å². The quantitative estimate of drug-likeness (QED) is 0.208. The van der Waals surface area contributed by atoms with Crippen molar-refractivity contribution < 1.29 is 0 Å². The number of fused-ring (bicyclic) bond motifs is 1. The Bertz CT molecular complexity index is 1740. The van der Waals surface area contributed by atoms with Gasteiger partial charge >= 0.3 is 0 Å². The summed E-state index contributed by atoms with van der Waals surface area (Å²) in [5.41, 5.74) is 14.5. The van der Waals surface area contributed by atoms with Gasteiger partial charge in [0.25, 0.3) is 0 Å². The minimum absolute atomic E-state index is 0.364. The molecule has 3 heterocycles. The van der Waals surface area contributed by atoms with E-state index in [2.05, 4.69) is 110 Å². The van der Waals surface area contributed by atoms with E-state index in [1.807, 2.05) is 6.20 Å². The number of allylic oxidation sites excluding steroid dienone is 1. The SMILES string of the molecule is CC1C=C(C2CC3(CC3)CN2C)NC(c2ccc3cc(-c4ccc(-c5cnc(C(C)(N)C6CCC(C)C6)[nH]5)cc4)ccc3c2)C1. The summed E-state index contributed by atoms with van der Waals surface area (Å²) in [5.74, 6) is 2.71. The minimum Gasteiger partial charge on any atom is -0.380 e. The van der Waals surface area contributed by atoms with Gasteiger partial charge in [0.2, 0.25) is 0 Å². The van der Waals surface area contributed by atoms with Crippen molar-refractivity contribution in [3.8, 4) is 22.4 Å². The Morgan fingerprint density at radius 1 is 0.911 bits per heavy atom. The van der Waals surface area contributed by atoms with E-state index < -0.39 is 5.54 Å². The maximum absolute atomic E-state index is 6.85. The van der Waals surface area contributed by atoms with E-state index in [0.29, 0.717) is 29.3 Å². The van der Waals surface area contributed by atoms with Crippen LogP contribution < -0.4 is 11.1 Å². The molecule has 2 aliphatic carbocycles. The van der Waals surface area contributed by atoms with Gasteiger partial charge in [-0.25, -0.2) is 4.98 Å². The molecule has 5 heteroatoms.